The minimum absolute atomic E-state index is 0. The maximum atomic E-state index is 12.1. The molecule has 2 N–H and O–H groups in total. The first-order chi connectivity index (χ1) is 12.4. The summed E-state index contributed by atoms with van der Waals surface area (Å²) in [6.45, 7) is 2.04. The molecule has 0 aliphatic carbocycles. The maximum absolute atomic E-state index is 12.1. The number of ether oxygens (including phenoxy) is 1. The molecule has 1 aromatic heterocycles. The van der Waals surface area contributed by atoms with Gasteiger partial charge in [-0.2, -0.15) is 13.2 Å². The molecule has 2 aromatic rings. The monoisotopic (exact) mass is 513 g/mol. The number of benzene rings is 1. The molecular weight excluding hydrogens is 490 g/mol. The quantitative estimate of drug-likeness (QED) is 0.323. The normalized spacial score (nSPS) is 11.8. The number of thiophene rings is 1. The first-order valence-electron chi connectivity index (χ1n) is 8.08. The number of halogens is 4. The highest BCUT2D eigenvalue weighted by Crippen LogP contribution is 2.16. The molecule has 0 fully saturated rings. The highest BCUT2D eigenvalue weighted by molar-refractivity contribution is 14.0. The third-order valence-corrected chi connectivity index (χ3v) is 4.47. The molecule has 0 amide bonds. The van der Waals surface area contributed by atoms with E-state index in [1.807, 2.05) is 12.1 Å². The second-order valence-electron chi connectivity index (χ2n) is 5.72. The second kappa shape index (κ2) is 11.5. The van der Waals surface area contributed by atoms with Crippen LogP contribution in [0.3, 0.4) is 0 Å². The van der Waals surface area contributed by atoms with Gasteiger partial charge in [-0.05, 0) is 30.2 Å². The van der Waals surface area contributed by atoms with Gasteiger partial charge in [0.2, 0.25) is 0 Å². The summed E-state index contributed by atoms with van der Waals surface area (Å²) >= 11 is 1.74. The van der Waals surface area contributed by atoms with Gasteiger partial charge in [0, 0.05) is 23.3 Å². The Morgan fingerprint density at radius 2 is 1.67 bits per heavy atom. The first-order valence-corrected chi connectivity index (χ1v) is 8.89. The fraction of sp³-hybridized carbons (Fsp3) is 0.389. The molecule has 150 valence electrons. The topological polar surface area (TPSA) is 45.7 Å². The van der Waals surface area contributed by atoms with Crippen LogP contribution in [0.1, 0.15) is 20.9 Å². The Bertz CT molecular complexity index is 717. The van der Waals surface area contributed by atoms with Crippen LogP contribution in [-0.4, -0.2) is 25.8 Å². The van der Waals surface area contributed by atoms with Crippen molar-refractivity contribution in [1.82, 2.24) is 10.6 Å². The lowest BCUT2D eigenvalue weighted by molar-refractivity contribution is -0.176. The summed E-state index contributed by atoms with van der Waals surface area (Å²) in [6.07, 6.45) is -4.30. The minimum atomic E-state index is -4.30. The minimum Gasteiger partial charge on any atom is -0.367 e. The molecular formula is C18H23F3IN3OS. The third kappa shape index (κ3) is 9.43. The number of aliphatic imine (C=N–C) groups is 1. The fourth-order valence-electron chi connectivity index (χ4n) is 2.20. The van der Waals surface area contributed by atoms with Gasteiger partial charge < -0.3 is 15.4 Å². The molecule has 0 unspecified atom stereocenters. The van der Waals surface area contributed by atoms with Gasteiger partial charge in [0.05, 0.1) is 13.2 Å². The highest BCUT2D eigenvalue weighted by Gasteiger charge is 2.27. The first kappa shape index (κ1) is 23.7. The van der Waals surface area contributed by atoms with Gasteiger partial charge in [0.1, 0.15) is 6.61 Å². The number of nitrogens with zero attached hydrogens (tertiary/aromatic N) is 1. The zero-order valence-corrected chi connectivity index (χ0v) is 18.2. The van der Waals surface area contributed by atoms with Crippen LogP contribution in [0, 0.1) is 6.92 Å². The number of nitrogens with one attached hydrogen (secondary N) is 2. The van der Waals surface area contributed by atoms with Gasteiger partial charge in [-0.15, -0.1) is 35.3 Å². The zero-order chi connectivity index (χ0) is 19.0. The summed E-state index contributed by atoms with van der Waals surface area (Å²) < 4.78 is 40.8. The van der Waals surface area contributed by atoms with E-state index in [1.165, 1.54) is 9.75 Å². The van der Waals surface area contributed by atoms with E-state index in [1.54, 1.807) is 30.5 Å². The Morgan fingerprint density at radius 1 is 1.04 bits per heavy atom. The van der Waals surface area contributed by atoms with Crippen LogP contribution in [0.25, 0.3) is 0 Å². The Hall–Kier alpha value is -1.33. The van der Waals surface area contributed by atoms with E-state index in [9.17, 15) is 13.2 Å². The smallest absolute Gasteiger partial charge is 0.367 e. The molecule has 27 heavy (non-hydrogen) atoms. The molecule has 0 saturated carbocycles. The molecule has 0 aliphatic heterocycles. The molecule has 0 radical (unpaired) electrons. The molecule has 0 saturated heterocycles. The Labute approximate surface area is 178 Å². The van der Waals surface area contributed by atoms with Crippen LogP contribution < -0.4 is 10.6 Å². The van der Waals surface area contributed by atoms with E-state index < -0.39 is 12.8 Å². The van der Waals surface area contributed by atoms with E-state index in [0.29, 0.717) is 24.6 Å². The molecule has 0 bridgehead atoms. The van der Waals surface area contributed by atoms with Crippen molar-refractivity contribution >= 4 is 41.3 Å². The number of hydrogen-bond acceptors (Lipinski definition) is 3. The summed E-state index contributed by atoms with van der Waals surface area (Å²) in [5.41, 5.74) is 1.70. The van der Waals surface area contributed by atoms with Gasteiger partial charge in [-0.3, -0.25) is 4.99 Å². The van der Waals surface area contributed by atoms with Gasteiger partial charge in [-0.1, -0.05) is 24.3 Å². The molecule has 0 atom stereocenters. The Morgan fingerprint density at radius 3 is 2.22 bits per heavy atom. The van der Waals surface area contributed by atoms with Crippen LogP contribution in [0.15, 0.2) is 41.4 Å². The van der Waals surface area contributed by atoms with Gasteiger partial charge in [-0.25, -0.2) is 0 Å². The Kier molecular flexibility index (Phi) is 10.1. The van der Waals surface area contributed by atoms with Crippen LogP contribution in [-0.2, 0) is 24.4 Å². The van der Waals surface area contributed by atoms with Gasteiger partial charge in [0.15, 0.2) is 5.96 Å². The third-order valence-electron chi connectivity index (χ3n) is 3.47. The van der Waals surface area contributed by atoms with Crippen LogP contribution in [0.2, 0.25) is 0 Å². The van der Waals surface area contributed by atoms with E-state index in [2.05, 4.69) is 39.4 Å². The van der Waals surface area contributed by atoms with Crippen molar-refractivity contribution in [3.8, 4) is 0 Å². The predicted molar refractivity (Wildman–Crippen MR) is 114 cm³/mol. The van der Waals surface area contributed by atoms with Crippen molar-refractivity contribution in [1.29, 1.82) is 0 Å². The SMILES string of the molecule is CN=C(NCc1ccc(COCC(F)(F)F)cc1)NCc1ccc(C)s1.I. The maximum Gasteiger partial charge on any atom is 0.411 e. The van der Waals surface area contributed by atoms with Crippen molar-refractivity contribution < 1.29 is 17.9 Å². The van der Waals surface area contributed by atoms with Crippen molar-refractivity contribution in [2.45, 2.75) is 32.8 Å². The van der Waals surface area contributed by atoms with Gasteiger partial charge in [0.25, 0.3) is 0 Å². The molecule has 9 heteroatoms. The summed E-state index contributed by atoms with van der Waals surface area (Å²) in [6, 6.07) is 11.4. The lowest BCUT2D eigenvalue weighted by Gasteiger charge is -2.12. The average molecular weight is 513 g/mol. The summed E-state index contributed by atoms with van der Waals surface area (Å²) in [5, 5.41) is 6.45. The largest absolute Gasteiger partial charge is 0.411 e. The van der Waals surface area contributed by atoms with Crippen LogP contribution in [0.4, 0.5) is 13.2 Å². The van der Waals surface area contributed by atoms with Crippen molar-refractivity contribution in [3.05, 3.63) is 57.3 Å². The second-order valence-corrected chi connectivity index (χ2v) is 7.09. The molecule has 1 aromatic carbocycles. The average Bonchev–Trinajstić information content (AvgIpc) is 3.00. The van der Waals surface area contributed by atoms with Crippen LogP contribution in [0.5, 0.6) is 0 Å². The number of aryl methyl sites for hydroxylation is 1. The predicted octanol–water partition coefficient (Wildman–Crippen LogP) is 4.62. The van der Waals surface area contributed by atoms with Crippen molar-refractivity contribution in [3.63, 3.8) is 0 Å². The number of hydrogen-bond donors (Lipinski definition) is 2. The van der Waals surface area contributed by atoms with Crippen LogP contribution >= 0.6 is 35.3 Å². The fourth-order valence-corrected chi connectivity index (χ4v) is 3.03. The van der Waals surface area contributed by atoms with Gasteiger partial charge >= 0.3 is 6.18 Å². The molecule has 2 rings (SSSR count). The molecule has 0 aliphatic rings. The number of rotatable bonds is 7. The molecule has 0 spiro atoms. The standard InChI is InChI=1S/C18H22F3N3OS.HI/c1-13-3-8-16(26-13)10-24-17(22-2)23-9-14-4-6-15(7-5-14)11-25-12-18(19,20)21;/h3-8H,9-12H2,1-2H3,(H2,22,23,24);1H. The lowest BCUT2D eigenvalue weighted by Crippen LogP contribution is -2.36. The Balaban J connectivity index is 0.00000364. The highest BCUT2D eigenvalue weighted by atomic mass is 127. The van der Waals surface area contributed by atoms with E-state index in [0.717, 1.165) is 5.56 Å². The zero-order valence-electron chi connectivity index (χ0n) is 15.1. The molecule has 1 heterocycles. The van der Waals surface area contributed by atoms with Crippen molar-refractivity contribution in [2.75, 3.05) is 13.7 Å². The number of alkyl halides is 3. The van der Waals surface area contributed by atoms with E-state index >= 15 is 0 Å². The summed E-state index contributed by atoms with van der Waals surface area (Å²) in [7, 11) is 1.70. The number of guanidine groups is 1. The lowest BCUT2D eigenvalue weighted by atomic mass is 10.1. The summed E-state index contributed by atoms with van der Waals surface area (Å²) in [5.74, 6) is 0.689. The summed E-state index contributed by atoms with van der Waals surface area (Å²) in [4.78, 5) is 6.68. The van der Waals surface area contributed by atoms with E-state index in [4.69, 9.17) is 0 Å². The molecule has 4 nitrogen and oxygen atoms in total. The van der Waals surface area contributed by atoms with E-state index in [-0.39, 0.29) is 30.6 Å². The van der Waals surface area contributed by atoms with Crippen molar-refractivity contribution in [2.24, 2.45) is 4.99 Å².